The summed E-state index contributed by atoms with van der Waals surface area (Å²) < 4.78 is 193. The first-order valence-corrected chi connectivity index (χ1v) is 9.16. The van der Waals surface area contributed by atoms with Gasteiger partial charge in [0.1, 0.15) is 12.1 Å². The third kappa shape index (κ3) is 4.75. The standard InChI is InChI=1S/C24H38N2O4/c1-14(2)9-17-13-26-8-7-16-10-21(28-5)22(29-6)11-18(16)19(26)12-20(17)30-24(27)23(25)15(3)4/h10-11,14-15,17,19-20,23H,7-9,12-13,25H2,1-6H3/t17?,19?,20?,23-/m0/s1/i1D3,5D3,6D3,9D2,10D,11D,12D2,13D2,14D,17D,19D,20D/t14?,17?,19?,20?,23-. The van der Waals surface area contributed by atoms with Crippen molar-refractivity contribution in [2.24, 2.45) is 23.4 Å². The fourth-order valence-electron chi connectivity index (χ4n) is 2.89. The van der Waals surface area contributed by atoms with Crippen molar-refractivity contribution < 1.29 is 47.8 Å². The van der Waals surface area contributed by atoms with Crippen molar-refractivity contribution in [1.82, 2.24) is 4.90 Å². The van der Waals surface area contributed by atoms with E-state index in [0.717, 1.165) is 0 Å². The lowest BCUT2D eigenvalue weighted by molar-refractivity contribution is -0.160. The molecule has 2 N–H and O–H groups in total. The molecule has 0 radical (unpaired) electrons. The first-order valence-electron chi connectivity index (χ1n) is 19.7. The van der Waals surface area contributed by atoms with E-state index < -0.39 is 130 Å². The molecule has 30 heavy (non-hydrogen) atoms. The molecule has 5 atom stereocenters. The molecule has 2 aliphatic heterocycles. The molecule has 168 valence electrons. The van der Waals surface area contributed by atoms with Crippen molar-refractivity contribution in [2.45, 2.75) is 64.9 Å². The minimum Gasteiger partial charge on any atom is -0.493 e. The van der Waals surface area contributed by atoms with Gasteiger partial charge in [-0.2, -0.15) is 0 Å². The first-order chi connectivity index (χ1) is 22.3. The number of ether oxygens (including phenoxy) is 3. The Balaban J connectivity index is 2.64. The summed E-state index contributed by atoms with van der Waals surface area (Å²) in [6, 6.07) is -7.84. The zero-order valence-corrected chi connectivity index (χ0v) is 16.7. The van der Waals surface area contributed by atoms with Crippen molar-refractivity contribution in [3.63, 3.8) is 0 Å². The zero-order valence-electron chi connectivity index (χ0n) is 37.7. The molecule has 1 saturated heterocycles. The minimum atomic E-state index is -4.40. The normalized spacial score (nSPS) is 49.6. The number of fused-ring (bicyclic) bond motifs is 3. The van der Waals surface area contributed by atoms with Crippen molar-refractivity contribution in [1.29, 1.82) is 0 Å². The van der Waals surface area contributed by atoms with Crippen molar-refractivity contribution in [3.05, 3.63) is 23.2 Å². The Morgan fingerprint density at radius 2 is 2.17 bits per heavy atom. The van der Waals surface area contributed by atoms with Gasteiger partial charge in [0, 0.05) is 46.4 Å². The maximum absolute atomic E-state index is 13.4. The Bertz CT molecular complexity index is 1560. The lowest BCUT2D eigenvalue weighted by Crippen LogP contribution is -2.51. The molecule has 0 aliphatic carbocycles. The third-order valence-corrected chi connectivity index (χ3v) is 4.52. The highest BCUT2D eigenvalue weighted by atomic mass is 16.5. The molecule has 2 aliphatic rings. The monoisotopic (exact) mass is 439 g/mol. The fourth-order valence-corrected chi connectivity index (χ4v) is 2.89. The molecule has 0 aromatic heterocycles. The number of methoxy groups -OCH3 is 2. The molecule has 2 heterocycles. The number of piperidine rings is 1. The van der Waals surface area contributed by atoms with Gasteiger partial charge in [-0.05, 0) is 47.8 Å². The number of nitrogens with two attached hydrogens (primary N) is 1. The fraction of sp³-hybridized carbons (Fsp3) is 0.708. The summed E-state index contributed by atoms with van der Waals surface area (Å²) in [6.07, 6.45) is -13.5. The topological polar surface area (TPSA) is 74.0 Å². The van der Waals surface area contributed by atoms with Crippen LogP contribution in [0.25, 0.3) is 0 Å². The van der Waals surface area contributed by atoms with E-state index in [-0.39, 0.29) is 4.90 Å². The number of esters is 1. The van der Waals surface area contributed by atoms with E-state index in [0.29, 0.717) is 6.92 Å². The zero-order chi connectivity index (χ0) is 40.3. The van der Waals surface area contributed by atoms with Gasteiger partial charge in [0.25, 0.3) is 0 Å². The first kappa shape index (κ1) is 7.96. The summed E-state index contributed by atoms with van der Waals surface area (Å²) in [5.41, 5.74) is 4.14. The molecule has 0 spiro atoms. The average Bonchev–Trinajstić information content (AvgIpc) is 2.93. The smallest absolute Gasteiger partial charge is 0.323 e. The highest BCUT2D eigenvalue weighted by molar-refractivity contribution is 5.76. The summed E-state index contributed by atoms with van der Waals surface area (Å²) in [5.74, 6) is -12.9. The van der Waals surface area contributed by atoms with Gasteiger partial charge in [-0.25, -0.2) is 0 Å². The second-order valence-electron chi connectivity index (χ2n) is 7.10. The minimum absolute atomic E-state index is 0.132. The van der Waals surface area contributed by atoms with E-state index in [2.05, 4.69) is 0 Å². The maximum atomic E-state index is 13.4. The third-order valence-electron chi connectivity index (χ3n) is 4.52. The Hall–Kier alpha value is -1.79. The van der Waals surface area contributed by atoms with Crippen LogP contribution in [0.3, 0.4) is 0 Å². The van der Waals surface area contributed by atoms with E-state index in [1.54, 1.807) is 0 Å². The van der Waals surface area contributed by atoms with Crippen LogP contribution in [-0.2, 0) is 16.0 Å². The predicted octanol–water partition coefficient (Wildman–Crippen LogP) is 3.56. The number of carbonyl (C=O) groups is 1. The molecular weight excluding hydrogens is 380 g/mol. The molecule has 3 rings (SSSR count). The Labute approximate surface area is 210 Å². The molecule has 0 amide bonds. The molecule has 6 heteroatoms. The van der Waals surface area contributed by atoms with Crippen molar-refractivity contribution in [3.8, 4) is 11.5 Å². The highest BCUT2D eigenvalue weighted by Gasteiger charge is 2.41. The number of benzene rings is 1. The van der Waals surface area contributed by atoms with E-state index in [4.69, 9.17) is 39.1 Å². The van der Waals surface area contributed by atoms with E-state index >= 15 is 0 Å². The summed E-state index contributed by atoms with van der Waals surface area (Å²) >= 11 is 0. The van der Waals surface area contributed by atoms with Crippen LogP contribution >= 0.6 is 0 Å². The lowest BCUT2D eigenvalue weighted by atomic mass is 9.79. The van der Waals surface area contributed by atoms with Gasteiger partial charge in [-0.1, -0.05) is 27.6 Å². The van der Waals surface area contributed by atoms with Crippen molar-refractivity contribution in [2.75, 3.05) is 27.1 Å². The van der Waals surface area contributed by atoms with E-state index in [9.17, 15) is 14.4 Å². The summed E-state index contributed by atoms with van der Waals surface area (Å²) in [4.78, 5) is 13.6. The molecular formula is C24H38N2O4. The van der Waals surface area contributed by atoms with Crippen LogP contribution in [0.2, 0.25) is 0 Å². The van der Waals surface area contributed by atoms with Gasteiger partial charge in [0.2, 0.25) is 0 Å². The summed E-state index contributed by atoms with van der Waals surface area (Å²) in [6.45, 7) is -5.50. The Morgan fingerprint density at radius 3 is 2.83 bits per heavy atom. The second-order valence-corrected chi connectivity index (χ2v) is 7.10. The van der Waals surface area contributed by atoms with Crippen LogP contribution in [-0.4, -0.2) is 50.1 Å². The number of nitrogens with zero attached hydrogens (tertiary/aromatic N) is 1. The van der Waals surface area contributed by atoms with Crippen LogP contribution in [0.5, 0.6) is 11.5 Å². The predicted molar refractivity (Wildman–Crippen MR) is 118 cm³/mol. The second kappa shape index (κ2) is 9.56. The highest BCUT2D eigenvalue weighted by Crippen LogP contribution is 2.44. The van der Waals surface area contributed by atoms with E-state index in [1.807, 2.05) is 0 Å². The Kier molecular flexibility index (Phi) is 2.54. The Morgan fingerprint density at radius 1 is 1.43 bits per heavy atom. The molecule has 0 bridgehead atoms. The molecule has 6 nitrogen and oxygen atoms in total. The lowest BCUT2D eigenvalue weighted by Gasteiger charge is -2.47. The quantitative estimate of drug-likeness (QED) is 0.655. The van der Waals surface area contributed by atoms with E-state index in [1.165, 1.54) is 13.8 Å². The van der Waals surface area contributed by atoms with Crippen LogP contribution in [0.1, 0.15) is 86.3 Å². The number of carbonyl (C=O) groups excluding carboxylic acids is 1. The van der Waals surface area contributed by atoms with Gasteiger partial charge in [0.15, 0.2) is 11.5 Å². The van der Waals surface area contributed by atoms with Gasteiger partial charge < -0.3 is 19.9 Å². The molecule has 4 unspecified atom stereocenters. The number of rotatable bonds is 7. The van der Waals surface area contributed by atoms with Crippen LogP contribution in [0.15, 0.2) is 12.1 Å². The molecule has 1 fully saturated rings. The van der Waals surface area contributed by atoms with Crippen molar-refractivity contribution >= 4 is 5.97 Å². The number of hydrogen-bond acceptors (Lipinski definition) is 6. The SMILES string of the molecule is [2H]c1c2c(c([2H])c(OC([2H])([2H])[2H])c1OC([2H])([2H])[2H])C1([2H])N(CC2)C([2H])([2H])C([2H])(C([2H])([2H])C([2H])(C)C([2H])([2H])[2H])C([2H])(OC(=O)[C@@H](N)C(C)C)C1([2H])[2H]. The average molecular weight is 440 g/mol. The van der Waals surface area contributed by atoms with Gasteiger partial charge in [0.05, 0.1) is 27.8 Å². The van der Waals surface area contributed by atoms with Crippen LogP contribution in [0, 0.1) is 17.7 Å². The molecule has 1 aromatic carbocycles. The van der Waals surface area contributed by atoms with Gasteiger partial charge in [-0.3, -0.25) is 9.69 Å². The van der Waals surface area contributed by atoms with Gasteiger partial charge in [-0.15, -0.1) is 0 Å². The van der Waals surface area contributed by atoms with Crippen LogP contribution in [0.4, 0.5) is 0 Å². The van der Waals surface area contributed by atoms with Gasteiger partial charge >= 0.3 is 5.97 Å². The summed E-state index contributed by atoms with van der Waals surface area (Å²) in [5, 5.41) is 0. The van der Waals surface area contributed by atoms with Crippen LogP contribution < -0.4 is 15.2 Å². The maximum Gasteiger partial charge on any atom is 0.323 e. The number of hydrogen-bond donors (Lipinski definition) is 1. The molecule has 1 aromatic rings. The summed E-state index contributed by atoms with van der Waals surface area (Å²) in [7, 11) is -6.89. The molecule has 0 saturated carbocycles. The largest absolute Gasteiger partial charge is 0.493 e.